The molecule has 1 heterocycles. The van der Waals surface area contributed by atoms with Gasteiger partial charge in [-0.15, -0.1) is 0 Å². The minimum atomic E-state index is 0.0332. The topological polar surface area (TPSA) is 67.9 Å². The molecule has 208 valence electrons. The van der Waals surface area contributed by atoms with E-state index in [2.05, 4.69) is 30.7 Å². The fourth-order valence-electron chi connectivity index (χ4n) is 4.12. The number of aryl methyl sites for hydroxylation is 1. The van der Waals surface area contributed by atoms with Gasteiger partial charge in [0.1, 0.15) is 0 Å². The molecule has 5 heteroatoms. The highest BCUT2D eigenvalue weighted by Gasteiger charge is 2.10. The predicted molar refractivity (Wildman–Crippen MR) is 160 cm³/mol. The lowest BCUT2D eigenvalue weighted by atomic mass is 9.91. The maximum Gasteiger partial charge on any atom is 0.226 e. The molecule has 0 bridgehead atoms. The third-order valence-electron chi connectivity index (χ3n) is 6.32. The smallest absolute Gasteiger partial charge is 0.226 e. The predicted octanol–water partition coefficient (Wildman–Crippen LogP) is 9.33. The molecule has 38 heavy (non-hydrogen) atoms. The number of aromatic nitrogens is 1. The van der Waals surface area contributed by atoms with E-state index in [-0.39, 0.29) is 6.61 Å². The Morgan fingerprint density at radius 1 is 0.974 bits per heavy atom. The fraction of sp³-hybridized carbons (Fsp3) is 0.515. The van der Waals surface area contributed by atoms with E-state index in [4.69, 9.17) is 14.3 Å². The zero-order valence-electron chi connectivity index (χ0n) is 24.4. The number of aliphatic hydroxyl groups excluding tert-OH is 1. The van der Waals surface area contributed by atoms with E-state index in [1.807, 2.05) is 63.2 Å². The fourth-order valence-corrected chi connectivity index (χ4v) is 4.12. The molecule has 2 aromatic carbocycles. The number of hydrogen-bond acceptors (Lipinski definition) is 5. The molecule has 1 aromatic heterocycles. The Labute approximate surface area is 230 Å². The van der Waals surface area contributed by atoms with Crippen LogP contribution in [-0.2, 0) is 11.3 Å². The van der Waals surface area contributed by atoms with Crippen LogP contribution < -0.4 is 0 Å². The monoisotopic (exact) mass is 520 g/mol. The van der Waals surface area contributed by atoms with Crippen LogP contribution in [0.5, 0.6) is 0 Å². The normalized spacial score (nSPS) is 13.1. The molecule has 1 saturated carbocycles. The average molecular weight is 521 g/mol. The van der Waals surface area contributed by atoms with E-state index in [0.717, 1.165) is 65.6 Å². The Kier molecular flexibility index (Phi) is 14.6. The number of rotatable bonds is 8. The number of oxazole rings is 1. The van der Waals surface area contributed by atoms with Crippen molar-refractivity contribution in [2.45, 2.75) is 93.1 Å². The molecule has 0 amide bonds. The highest BCUT2D eigenvalue weighted by Crippen LogP contribution is 2.30. The van der Waals surface area contributed by atoms with Gasteiger partial charge >= 0.3 is 0 Å². The molecule has 0 aliphatic heterocycles. The van der Waals surface area contributed by atoms with E-state index in [1.165, 1.54) is 32.1 Å². The number of nitrogens with zero attached hydrogens (tertiary/aromatic N) is 2. The second-order valence-corrected chi connectivity index (χ2v) is 10.3. The van der Waals surface area contributed by atoms with Gasteiger partial charge in [0.25, 0.3) is 0 Å². The SMILES string of the molecule is CC(C)=Nc1cc(-c2ncc(-c3ccc(CO)cc3)o2)ccc1C.CC1CCCCC1.CCCOCCC. The summed E-state index contributed by atoms with van der Waals surface area (Å²) in [7, 11) is 0. The molecule has 1 fully saturated rings. The third kappa shape index (κ3) is 11.3. The minimum Gasteiger partial charge on any atom is -0.436 e. The van der Waals surface area contributed by atoms with Crippen LogP contribution in [0.2, 0.25) is 0 Å². The molecule has 3 aromatic rings. The van der Waals surface area contributed by atoms with Crippen molar-refractivity contribution in [3.05, 3.63) is 59.8 Å². The molecule has 1 aliphatic carbocycles. The number of ether oxygens (including phenoxy) is 1. The van der Waals surface area contributed by atoms with Gasteiger partial charge in [0.2, 0.25) is 5.89 Å². The molecular formula is C33H48N2O3. The number of hydrogen-bond donors (Lipinski definition) is 1. The Hall–Kier alpha value is -2.76. The number of benzene rings is 2. The van der Waals surface area contributed by atoms with Crippen LogP contribution in [0, 0.1) is 12.8 Å². The van der Waals surface area contributed by atoms with Crippen molar-refractivity contribution in [2.24, 2.45) is 10.9 Å². The summed E-state index contributed by atoms with van der Waals surface area (Å²) in [4.78, 5) is 8.94. The lowest BCUT2D eigenvalue weighted by Crippen LogP contribution is -1.99. The lowest BCUT2D eigenvalue weighted by Gasteiger charge is -2.15. The number of aliphatic hydroxyl groups is 1. The second-order valence-electron chi connectivity index (χ2n) is 10.3. The molecule has 0 radical (unpaired) electrons. The molecule has 0 spiro atoms. The first-order valence-electron chi connectivity index (χ1n) is 14.2. The second kappa shape index (κ2) is 17.7. The van der Waals surface area contributed by atoms with Crippen LogP contribution in [0.25, 0.3) is 22.8 Å². The van der Waals surface area contributed by atoms with Crippen molar-refractivity contribution in [3.63, 3.8) is 0 Å². The van der Waals surface area contributed by atoms with Crippen LogP contribution in [0.3, 0.4) is 0 Å². The summed E-state index contributed by atoms with van der Waals surface area (Å²) < 4.78 is 11.0. The van der Waals surface area contributed by atoms with Gasteiger partial charge in [0.15, 0.2) is 5.76 Å². The van der Waals surface area contributed by atoms with Crippen LogP contribution in [0.15, 0.2) is 58.1 Å². The van der Waals surface area contributed by atoms with Gasteiger partial charge in [0.05, 0.1) is 18.5 Å². The van der Waals surface area contributed by atoms with Crippen molar-refractivity contribution < 1.29 is 14.3 Å². The van der Waals surface area contributed by atoms with Gasteiger partial charge < -0.3 is 14.3 Å². The molecule has 0 atom stereocenters. The average Bonchev–Trinajstić information content (AvgIpc) is 3.42. The summed E-state index contributed by atoms with van der Waals surface area (Å²) in [6.45, 7) is 14.5. The van der Waals surface area contributed by atoms with Gasteiger partial charge in [-0.2, -0.15) is 0 Å². The van der Waals surface area contributed by atoms with Crippen molar-refractivity contribution in [2.75, 3.05) is 13.2 Å². The standard InChI is InChI=1S/C20H20N2O2.C7H14.C6H14O/c1-13(2)22-18-10-17(7-4-14(18)3)20-21-11-19(24-20)16-8-5-15(12-23)6-9-16;1-7-5-3-2-4-6-7;1-3-5-7-6-4-2/h4-11,23H,12H2,1-3H3;7H,2-6H2,1H3;3-6H2,1-2H3. The first-order valence-corrected chi connectivity index (χ1v) is 14.2. The van der Waals surface area contributed by atoms with Gasteiger partial charge in [-0.25, -0.2) is 4.98 Å². The Balaban J connectivity index is 0.000000296. The maximum absolute atomic E-state index is 9.12. The first kappa shape index (κ1) is 31.5. The molecule has 1 N–H and O–H groups in total. The van der Waals surface area contributed by atoms with Crippen molar-refractivity contribution in [3.8, 4) is 22.8 Å². The molecule has 1 aliphatic rings. The number of aliphatic imine (C=N–C) groups is 1. The maximum atomic E-state index is 9.12. The van der Waals surface area contributed by atoms with Gasteiger partial charge in [-0.3, -0.25) is 4.99 Å². The van der Waals surface area contributed by atoms with Crippen LogP contribution in [0.1, 0.15) is 90.7 Å². The van der Waals surface area contributed by atoms with Gasteiger partial charge in [0, 0.05) is 30.1 Å². The molecule has 4 rings (SSSR count). The summed E-state index contributed by atoms with van der Waals surface area (Å²) in [6.07, 6.45) is 11.4. The Morgan fingerprint density at radius 3 is 2.13 bits per heavy atom. The Morgan fingerprint density at radius 2 is 1.61 bits per heavy atom. The zero-order chi connectivity index (χ0) is 27.8. The summed E-state index contributed by atoms with van der Waals surface area (Å²) in [5.41, 5.74) is 5.76. The van der Waals surface area contributed by atoms with Crippen LogP contribution in [-0.4, -0.2) is 29.0 Å². The Bertz CT molecular complexity index is 1070. The summed E-state index contributed by atoms with van der Waals surface area (Å²) in [5.74, 6) is 2.31. The molecule has 0 saturated heterocycles. The highest BCUT2D eigenvalue weighted by atomic mass is 16.5. The third-order valence-corrected chi connectivity index (χ3v) is 6.32. The quantitative estimate of drug-likeness (QED) is 0.237. The van der Waals surface area contributed by atoms with E-state index in [1.54, 1.807) is 6.20 Å². The first-order chi connectivity index (χ1) is 18.4. The summed E-state index contributed by atoms with van der Waals surface area (Å²) in [6, 6.07) is 13.6. The zero-order valence-corrected chi connectivity index (χ0v) is 24.4. The van der Waals surface area contributed by atoms with Crippen molar-refractivity contribution in [1.29, 1.82) is 0 Å². The highest BCUT2D eigenvalue weighted by molar-refractivity contribution is 5.83. The van der Waals surface area contributed by atoms with E-state index < -0.39 is 0 Å². The molecule has 0 unspecified atom stereocenters. The molecule has 5 nitrogen and oxygen atoms in total. The van der Waals surface area contributed by atoms with E-state index >= 15 is 0 Å². The summed E-state index contributed by atoms with van der Waals surface area (Å²) in [5, 5.41) is 9.12. The summed E-state index contributed by atoms with van der Waals surface area (Å²) >= 11 is 0. The minimum absolute atomic E-state index is 0.0332. The van der Waals surface area contributed by atoms with E-state index in [0.29, 0.717) is 11.7 Å². The van der Waals surface area contributed by atoms with Crippen LogP contribution in [0.4, 0.5) is 5.69 Å². The van der Waals surface area contributed by atoms with Gasteiger partial charge in [-0.05, 0) is 62.8 Å². The largest absolute Gasteiger partial charge is 0.436 e. The van der Waals surface area contributed by atoms with E-state index in [9.17, 15) is 0 Å². The van der Waals surface area contributed by atoms with Crippen molar-refractivity contribution in [1.82, 2.24) is 4.98 Å². The van der Waals surface area contributed by atoms with Gasteiger partial charge in [-0.1, -0.05) is 83.2 Å². The lowest BCUT2D eigenvalue weighted by molar-refractivity contribution is 0.135. The van der Waals surface area contributed by atoms with Crippen LogP contribution >= 0.6 is 0 Å². The van der Waals surface area contributed by atoms with Crippen molar-refractivity contribution >= 4 is 11.4 Å². The molecular weight excluding hydrogens is 472 g/mol.